The quantitative estimate of drug-likeness (QED) is 0.573. The van der Waals surface area contributed by atoms with E-state index < -0.39 is 0 Å². The van der Waals surface area contributed by atoms with Gasteiger partial charge in [-0.15, -0.1) is 4.91 Å². The van der Waals surface area contributed by atoms with E-state index in [-0.39, 0.29) is 0 Å². The fourth-order valence-corrected chi connectivity index (χ4v) is 1.23. The molecular weight excluding hydrogens is 142 g/mol. The van der Waals surface area contributed by atoms with Crippen LogP contribution in [0.25, 0.3) is 0 Å². The van der Waals surface area contributed by atoms with Crippen molar-refractivity contribution in [1.29, 1.82) is 0 Å². The van der Waals surface area contributed by atoms with Crippen molar-refractivity contribution >= 4 is 5.69 Å². The van der Waals surface area contributed by atoms with E-state index in [1.54, 1.807) is 18.2 Å². The largest absolute Gasteiger partial charge is 0.493 e. The Morgan fingerprint density at radius 2 is 2.36 bits per heavy atom. The van der Waals surface area contributed by atoms with E-state index in [4.69, 9.17) is 4.74 Å². The molecule has 11 heavy (non-hydrogen) atoms. The van der Waals surface area contributed by atoms with Crippen LogP contribution >= 0.6 is 0 Å². The smallest absolute Gasteiger partial charge is 0.122 e. The first-order valence-corrected chi connectivity index (χ1v) is 3.49. The molecule has 3 heteroatoms. The van der Waals surface area contributed by atoms with Crippen LogP contribution in [0.4, 0.5) is 5.69 Å². The van der Waals surface area contributed by atoms with Crippen LogP contribution in [0.3, 0.4) is 0 Å². The first kappa shape index (κ1) is 6.34. The summed E-state index contributed by atoms with van der Waals surface area (Å²) in [6, 6.07) is 5.23. The Hall–Kier alpha value is -1.38. The van der Waals surface area contributed by atoms with E-state index in [0.717, 1.165) is 24.3 Å². The Labute approximate surface area is 64.0 Å². The van der Waals surface area contributed by atoms with E-state index in [2.05, 4.69) is 5.18 Å². The number of nitroso groups, excluding NO2 is 1. The number of benzene rings is 1. The standard InChI is InChI=1S/C8H7NO2/c10-9-7-1-2-8-6(5-7)3-4-11-8/h1-2,5H,3-4H2. The van der Waals surface area contributed by atoms with Gasteiger partial charge in [0.1, 0.15) is 11.4 Å². The van der Waals surface area contributed by atoms with Crippen LogP contribution in [0.2, 0.25) is 0 Å². The van der Waals surface area contributed by atoms with Crippen molar-refractivity contribution in [2.24, 2.45) is 5.18 Å². The predicted octanol–water partition coefficient (Wildman–Crippen LogP) is 2.02. The number of rotatable bonds is 1. The number of hydrogen-bond acceptors (Lipinski definition) is 3. The first-order chi connectivity index (χ1) is 5.40. The molecule has 1 aliphatic heterocycles. The van der Waals surface area contributed by atoms with Crippen molar-refractivity contribution in [3.05, 3.63) is 28.7 Å². The van der Waals surface area contributed by atoms with E-state index >= 15 is 0 Å². The average molecular weight is 149 g/mol. The number of ether oxygens (including phenoxy) is 1. The Balaban J connectivity index is 2.48. The van der Waals surface area contributed by atoms with Gasteiger partial charge in [0.15, 0.2) is 0 Å². The van der Waals surface area contributed by atoms with E-state index in [9.17, 15) is 4.91 Å². The highest BCUT2D eigenvalue weighted by Gasteiger charge is 2.11. The van der Waals surface area contributed by atoms with Gasteiger partial charge in [-0.25, -0.2) is 0 Å². The van der Waals surface area contributed by atoms with E-state index in [0.29, 0.717) is 5.69 Å². The fraction of sp³-hybridized carbons (Fsp3) is 0.250. The van der Waals surface area contributed by atoms with Gasteiger partial charge in [0, 0.05) is 6.42 Å². The highest BCUT2D eigenvalue weighted by atomic mass is 16.5. The molecule has 3 nitrogen and oxygen atoms in total. The Kier molecular flexibility index (Phi) is 1.35. The summed E-state index contributed by atoms with van der Waals surface area (Å²) in [5.41, 5.74) is 1.57. The Bertz CT molecular complexity index is 296. The summed E-state index contributed by atoms with van der Waals surface area (Å²) in [5.74, 6) is 0.886. The number of nitrogens with zero attached hydrogens (tertiary/aromatic N) is 1. The SMILES string of the molecule is O=Nc1ccc2c(c1)CCO2. The molecule has 1 aliphatic rings. The van der Waals surface area contributed by atoms with Crippen molar-refractivity contribution in [3.63, 3.8) is 0 Å². The van der Waals surface area contributed by atoms with Gasteiger partial charge in [0.2, 0.25) is 0 Å². The van der Waals surface area contributed by atoms with Crippen LogP contribution in [0.5, 0.6) is 5.75 Å². The third-order valence-electron chi connectivity index (χ3n) is 1.78. The molecule has 0 saturated heterocycles. The molecule has 1 heterocycles. The van der Waals surface area contributed by atoms with Gasteiger partial charge in [0.25, 0.3) is 0 Å². The monoisotopic (exact) mass is 149 g/mol. The van der Waals surface area contributed by atoms with E-state index in [1.807, 2.05) is 0 Å². The lowest BCUT2D eigenvalue weighted by Crippen LogP contribution is -1.85. The normalized spacial score (nSPS) is 13.8. The molecule has 0 aromatic heterocycles. The molecule has 0 unspecified atom stereocenters. The second-order valence-electron chi connectivity index (χ2n) is 2.48. The minimum absolute atomic E-state index is 0.481. The third kappa shape index (κ3) is 0.981. The van der Waals surface area contributed by atoms with Gasteiger partial charge >= 0.3 is 0 Å². The summed E-state index contributed by atoms with van der Waals surface area (Å²) in [4.78, 5) is 10.1. The molecule has 1 aromatic carbocycles. The van der Waals surface area contributed by atoms with Gasteiger partial charge in [-0.05, 0) is 28.9 Å². The van der Waals surface area contributed by atoms with Crippen LogP contribution in [0.1, 0.15) is 5.56 Å². The maximum atomic E-state index is 10.1. The maximum absolute atomic E-state index is 10.1. The minimum atomic E-state index is 0.481. The van der Waals surface area contributed by atoms with Crippen LogP contribution < -0.4 is 4.74 Å². The molecule has 0 amide bonds. The highest BCUT2D eigenvalue weighted by molar-refractivity contribution is 5.48. The molecule has 1 aromatic rings. The molecule has 0 saturated carbocycles. The summed E-state index contributed by atoms with van der Waals surface area (Å²) in [7, 11) is 0. The van der Waals surface area contributed by atoms with Crippen molar-refractivity contribution in [2.45, 2.75) is 6.42 Å². The molecule has 0 spiro atoms. The predicted molar refractivity (Wildman–Crippen MR) is 41.1 cm³/mol. The zero-order valence-electron chi connectivity index (χ0n) is 5.91. The number of fused-ring (bicyclic) bond motifs is 1. The van der Waals surface area contributed by atoms with Crippen LogP contribution in [-0.2, 0) is 6.42 Å². The highest BCUT2D eigenvalue weighted by Crippen LogP contribution is 2.28. The molecule has 56 valence electrons. The van der Waals surface area contributed by atoms with Crippen LogP contribution in [0.15, 0.2) is 23.4 Å². The third-order valence-corrected chi connectivity index (χ3v) is 1.78. The van der Waals surface area contributed by atoms with Gasteiger partial charge in [-0.2, -0.15) is 0 Å². The zero-order chi connectivity index (χ0) is 7.68. The van der Waals surface area contributed by atoms with Gasteiger partial charge in [-0.1, -0.05) is 0 Å². The summed E-state index contributed by atoms with van der Waals surface area (Å²) in [6.45, 7) is 0.720. The molecular formula is C8H7NO2. The van der Waals surface area contributed by atoms with E-state index in [1.165, 1.54) is 0 Å². The summed E-state index contributed by atoms with van der Waals surface area (Å²) in [5, 5.41) is 2.84. The minimum Gasteiger partial charge on any atom is -0.493 e. The number of hydrogen-bond donors (Lipinski definition) is 0. The molecule has 0 atom stereocenters. The molecule has 0 aliphatic carbocycles. The maximum Gasteiger partial charge on any atom is 0.122 e. The summed E-state index contributed by atoms with van der Waals surface area (Å²) >= 11 is 0. The van der Waals surface area contributed by atoms with Gasteiger partial charge < -0.3 is 4.74 Å². The van der Waals surface area contributed by atoms with Gasteiger partial charge in [-0.3, -0.25) is 0 Å². The molecule has 0 N–H and O–H groups in total. The lowest BCUT2D eigenvalue weighted by molar-refractivity contribution is 0.357. The molecule has 2 rings (SSSR count). The second kappa shape index (κ2) is 2.34. The zero-order valence-corrected chi connectivity index (χ0v) is 5.91. The van der Waals surface area contributed by atoms with Crippen molar-refractivity contribution < 1.29 is 4.74 Å². The van der Waals surface area contributed by atoms with Crippen molar-refractivity contribution in [3.8, 4) is 5.75 Å². The Morgan fingerprint density at radius 3 is 3.18 bits per heavy atom. The Morgan fingerprint density at radius 1 is 1.45 bits per heavy atom. The molecule has 0 fully saturated rings. The lowest BCUT2D eigenvalue weighted by Gasteiger charge is -1.96. The lowest BCUT2D eigenvalue weighted by atomic mass is 10.1. The molecule has 0 bridgehead atoms. The fourth-order valence-electron chi connectivity index (χ4n) is 1.23. The molecule has 0 radical (unpaired) electrons. The first-order valence-electron chi connectivity index (χ1n) is 3.49. The van der Waals surface area contributed by atoms with Crippen LogP contribution in [-0.4, -0.2) is 6.61 Å². The van der Waals surface area contributed by atoms with Crippen LogP contribution in [0, 0.1) is 4.91 Å². The average Bonchev–Trinajstić information content (AvgIpc) is 2.50. The summed E-state index contributed by atoms with van der Waals surface area (Å²) < 4.78 is 5.25. The summed E-state index contributed by atoms with van der Waals surface area (Å²) in [6.07, 6.45) is 0.888. The van der Waals surface area contributed by atoms with Gasteiger partial charge in [0.05, 0.1) is 6.61 Å². The van der Waals surface area contributed by atoms with Crippen molar-refractivity contribution in [1.82, 2.24) is 0 Å². The topological polar surface area (TPSA) is 38.7 Å². The second-order valence-corrected chi connectivity index (χ2v) is 2.48. The van der Waals surface area contributed by atoms with Crippen molar-refractivity contribution in [2.75, 3.05) is 6.61 Å².